The summed E-state index contributed by atoms with van der Waals surface area (Å²) >= 11 is 2.14. The molecule has 7 heteroatoms. The average Bonchev–Trinajstić information content (AvgIpc) is 2.84. The van der Waals surface area contributed by atoms with Crippen molar-refractivity contribution in [1.29, 1.82) is 0 Å². The second-order valence-corrected chi connectivity index (χ2v) is 6.56. The van der Waals surface area contributed by atoms with Gasteiger partial charge in [-0.05, 0) is 64.1 Å². The number of hydrogen-bond acceptors (Lipinski definition) is 3. The van der Waals surface area contributed by atoms with Crippen molar-refractivity contribution in [3.8, 4) is 5.75 Å². The van der Waals surface area contributed by atoms with Crippen LogP contribution in [-0.4, -0.2) is 23.9 Å². The summed E-state index contributed by atoms with van der Waals surface area (Å²) in [5.74, 6) is -0.0433. The van der Waals surface area contributed by atoms with Crippen LogP contribution >= 0.6 is 22.6 Å². The molecule has 0 spiro atoms. The summed E-state index contributed by atoms with van der Waals surface area (Å²) in [4.78, 5) is 25.6. The number of ether oxygens (including phenoxy) is 1. The zero-order valence-corrected chi connectivity index (χ0v) is 15.4. The molecule has 0 radical (unpaired) electrons. The van der Waals surface area contributed by atoms with Crippen molar-refractivity contribution in [1.82, 2.24) is 10.2 Å². The van der Waals surface area contributed by atoms with Crippen LogP contribution in [0, 0.1) is 9.39 Å². The second kappa shape index (κ2) is 7.22. The van der Waals surface area contributed by atoms with Gasteiger partial charge in [-0.3, -0.25) is 9.69 Å². The number of urea groups is 1. The van der Waals surface area contributed by atoms with Crippen LogP contribution in [0.5, 0.6) is 5.75 Å². The molecule has 0 aromatic heterocycles. The molecule has 1 heterocycles. The summed E-state index contributed by atoms with van der Waals surface area (Å²) in [5.41, 5.74) is 1.65. The number of amides is 3. The van der Waals surface area contributed by atoms with Crippen molar-refractivity contribution in [2.45, 2.75) is 6.54 Å². The highest BCUT2D eigenvalue weighted by molar-refractivity contribution is 14.1. The third-order valence-electron chi connectivity index (χ3n) is 3.70. The lowest BCUT2D eigenvalue weighted by Crippen LogP contribution is -2.30. The highest BCUT2D eigenvalue weighted by Gasteiger charge is 2.33. The molecule has 128 valence electrons. The molecule has 1 saturated heterocycles. The van der Waals surface area contributed by atoms with Gasteiger partial charge in [-0.2, -0.15) is 0 Å². The maximum Gasteiger partial charge on any atom is 0.329 e. The summed E-state index contributed by atoms with van der Waals surface area (Å²) < 4.78 is 19.1. The van der Waals surface area contributed by atoms with Gasteiger partial charge in [0.2, 0.25) is 0 Å². The quantitative estimate of drug-likeness (QED) is 0.439. The van der Waals surface area contributed by atoms with Gasteiger partial charge in [0, 0.05) is 0 Å². The van der Waals surface area contributed by atoms with Crippen LogP contribution in [0.2, 0.25) is 0 Å². The molecule has 0 aliphatic carbocycles. The van der Waals surface area contributed by atoms with Crippen molar-refractivity contribution in [2.75, 3.05) is 7.11 Å². The molecule has 3 amide bonds. The number of imide groups is 1. The smallest absolute Gasteiger partial charge is 0.329 e. The van der Waals surface area contributed by atoms with Gasteiger partial charge in [-0.15, -0.1) is 0 Å². The first-order chi connectivity index (χ1) is 12.0. The minimum atomic E-state index is -0.496. The molecule has 5 nitrogen and oxygen atoms in total. The Hall–Kier alpha value is -2.42. The van der Waals surface area contributed by atoms with E-state index in [4.69, 9.17) is 4.74 Å². The molecule has 0 unspecified atom stereocenters. The summed E-state index contributed by atoms with van der Waals surface area (Å²) in [6.07, 6.45) is 1.62. The fraction of sp³-hybridized carbons (Fsp3) is 0.111. The number of methoxy groups -OCH3 is 1. The number of rotatable bonds is 4. The average molecular weight is 452 g/mol. The first kappa shape index (κ1) is 17.4. The van der Waals surface area contributed by atoms with Crippen molar-refractivity contribution in [3.05, 3.63) is 68.7 Å². The standard InChI is InChI=1S/C18H14FIN2O3/c1-25-16-7-4-12(8-14(16)20)9-15-17(23)22(18(24)21-15)10-11-2-5-13(19)6-3-11/h2-9H,10H2,1H3,(H,21,24). The van der Waals surface area contributed by atoms with Gasteiger partial charge in [0.1, 0.15) is 17.3 Å². The van der Waals surface area contributed by atoms with E-state index in [-0.39, 0.29) is 18.1 Å². The van der Waals surface area contributed by atoms with Crippen LogP contribution in [0.1, 0.15) is 11.1 Å². The van der Waals surface area contributed by atoms with Crippen LogP contribution in [0.15, 0.2) is 48.2 Å². The lowest BCUT2D eigenvalue weighted by molar-refractivity contribution is -0.123. The van der Waals surface area contributed by atoms with Gasteiger partial charge in [0.05, 0.1) is 17.2 Å². The van der Waals surface area contributed by atoms with E-state index in [1.807, 2.05) is 6.07 Å². The number of carbonyl (C=O) groups is 2. The normalized spacial score (nSPS) is 15.6. The van der Waals surface area contributed by atoms with Crippen LogP contribution in [0.4, 0.5) is 9.18 Å². The second-order valence-electron chi connectivity index (χ2n) is 5.40. The fourth-order valence-corrected chi connectivity index (χ4v) is 3.19. The van der Waals surface area contributed by atoms with Crippen LogP contribution in [0.3, 0.4) is 0 Å². The number of hydrogen-bond donors (Lipinski definition) is 1. The Kier molecular flexibility index (Phi) is 5.03. The van der Waals surface area contributed by atoms with Crippen LogP contribution in [0.25, 0.3) is 6.08 Å². The Morgan fingerprint density at radius 1 is 1.20 bits per heavy atom. The third-order valence-corrected chi connectivity index (χ3v) is 4.55. The molecular formula is C18H14FIN2O3. The Balaban J connectivity index is 1.80. The summed E-state index contributed by atoms with van der Waals surface area (Å²) in [6, 6.07) is 10.6. The molecule has 1 aliphatic rings. The predicted molar refractivity (Wildman–Crippen MR) is 99.2 cm³/mol. The zero-order valence-electron chi connectivity index (χ0n) is 13.3. The molecule has 1 fully saturated rings. The van der Waals surface area contributed by atoms with E-state index in [2.05, 4.69) is 27.9 Å². The van der Waals surface area contributed by atoms with Crippen molar-refractivity contribution in [2.24, 2.45) is 0 Å². The maximum absolute atomic E-state index is 13.0. The molecule has 2 aromatic carbocycles. The molecule has 0 atom stereocenters. The van der Waals surface area contributed by atoms with Crippen molar-refractivity contribution in [3.63, 3.8) is 0 Å². The number of nitrogens with zero attached hydrogens (tertiary/aromatic N) is 1. The molecule has 0 saturated carbocycles. The van der Waals surface area contributed by atoms with Crippen molar-refractivity contribution < 1.29 is 18.7 Å². The van der Waals surface area contributed by atoms with E-state index in [0.29, 0.717) is 5.56 Å². The van der Waals surface area contributed by atoms with Crippen molar-refractivity contribution >= 4 is 40.6 Å². The van der Waals surface area contributed by atoms with E-state index < -0.39 is 11.9 Å². The molecule has 25 heavy (non-hydrogen) atoms. The van der Waals surface area contributed by atoms with Gasteiger partial charge in [-0.25, -0.2) is 9.18 Å². The summed E-state index contributed by atoms with van der Waals surface area (Å²) in [7, 11) is 1.59. The largest absolute Gasteiger partial charge is 0.496 e. The van der Waals surface area contributed by atoms with Gasteiger partial charge >= 0.3 is 6.03 Å². The first-order valence-electron chi connectivity index (χ1n) is 7.40. The minimum Gasteiger partial charge on any atom is -0.496 e. The zero-order chi connectivity index (χ0) is 18.0. The number of benzene rings is 2. The molecule has 3 rings (SSSR count). The monoisotopic (exact) mass is 452 g/mol. The summed E-state index contributed by atoms with van der Waals surface area (Å²) in [5, 5.41) is 2.57. The van der Waals surface area contributed by atoms with E-state index >= 15 is 0 Å². The minimum absolute atomic E-state index is 0.0857. The maximum atomic E-state index is 13.0. The Labute approximate surface area is 157 Å². The fourth-order valence-electron chi connectivity index (χ4n) is 2.43. The number of carbonyl (C=O) groups excluding carboxylic acids is 2. The molecule has 2 aromatic rings. The molecule has 0 bridgehead atoms. The highest BCUT2D eigenvalue weighted by Crippen LogP contribution is 2.24. The van der Waals surface area contributed by atoms with E-state index in [1.165, 1.54) is 12.1 Å². The Morgan fingerprint density at radius 3 is 2.56 bits per heavy atom. The summed E-state index contributed by atoms with van der Waals surface area (Å²) in [6.45, 7) is 0.0857. The van der Waals surface area contributed by atoms with E-state index in [0.717, 1.165) is 19.8 Å². The van der Waals surface area contributed by atoms with Crippen LogP contribution < -0.4 is 10.1 Å². The highest BCUT2D eigenvalue weighted by atomic mass is 127. The molecular weight excluding hydrogens is 438 g/mol. The van der Waals surface area contributed by atoms with E-state index in [9.17, 15) is 14.0 Å². The number of halogens is 2. The predicted octanol–water partition coefficient (Wildman–Crippen LogP) is 3.53. The first-order valence-corrected chi connectivity index (χ1v) is 8.48. The van der Waals surface area contributed by atoms with E-state index in [1.54, 1.807) is 37.5 Å². The van der Waals surface area contributed by atoms with Crippen LogP contribution in [-0.2, 0) is 11.3 Å². The van der Waals surface area contributed by atoms with Gasteiger partial charge in [0.25, 0.3) is 5.91 Å². The molecule has 1 N–H and O–H groups in total. The topological polar surface area (TPSA) is 58.6 Å². The number of nitrogens with one attached hydrogen (secondary N) is 1. The lowest BCUT2D eigenvalue weighted by atomic mass is 10.1. The Morgan fingerprint density at radius 2 is 1.92 bits per heavy atom. The van der Waals surface area contributed by atoms with Gasteiger partial charge in [-0.1, -0.05) is 18.2 Å². The van der Waals surface area contributed by atoms with Gasteiger partial charge < -0.3 is 10.1 Å². The third kappa shape index (κ3) is 3.81. The Bertz CT molecular complexity index is 865. The SMILES string of the molecule is COc1ccc(C=C2NC(=O)N(Cc3ccc(F)cc3)C2=O)cc1I. The lowest BCUT2D eigenvalue weighted by Gasteiger charge is -2.11. The molecule has 1 aliphatic heterocycles. The van der Waals surface area contributed by atoms with Gasteiger partial charge in [0.15, 0.2) is 0 Å².